The van der Waals surface area contributed by atoms with Gasteiger partial charge in [0.05, 0.1) is 11.5 Å². The Morgan fingerprint density at radius 3 is 2.53 bits per heavy atom. The van der Waals surface area contributed by atoms with Gasteiger partial charge in [0, 0.05) is 35.6 Å². The summed E-state index contributed by atoms with van der Waals surface area (Å²) in [6.45, 7) is 7.60. The van der Waals surface area contributed by atoms with E-state index in [9.17, 15) is 15.0 Å². The lowest BCUT2D eigenvalue weighted by molar-refractivity contribution is 0.103. The van der Waals surface area contributed by atoms with E-state index in [1.807, 2.05) is 39.0 Å². The molecule has 0 saturated heterocycles. The van der Waals surface area contributed by atoms with Crippen molar-refractivity contribution in [3.63, 3.8) is 0 Å². The predicted molar refractivity (Wildman–Crippen MR) is 126 cm³/mol. The second-order valence-electron chi connectivity index (χ2n) is 9.09. The molecule has 4 nitrogen and oxygen atoms in total. The van der Waals surface area contributed by atoms with Gasteiger partial charge < -0.3 is 10.2 Å². The number of carbonyl (C=O) groups is 1. The maximum Gasteiger partial charge on any atom is 0.203 e. The van der Waals surface area contributed by atoms with E-state index in [0.29, 0.717) is 23.0 Å². The van der Waals surface area contributed by atoms with Crippen molar-refractivity contribution in [2.75, 3.05) is 13.2 Å². The molecule has 2 N–H and O–H groups in total. The van der Waals surface area contributed by atoms with Crippen LogP contribution in [0.1, 0.15) is 79.2 Å². The highest BCUT2D eigenvalue weighted by molar-refractivity contribution is 7.12. The van der Waals surface area contributed by atoms with Crippen LogP contribution in [0, 0.1) is 0 Å². The van der Waals surface area contributed by atoms with Crippen LogP contribution < -0.4 is 0 Å². The summed E-state index contributed by atoms with van der Waals surface area (Å²) in [5, 5.41) is 21.5. The van der Waals surface area contributed by atoms with Crippen molar-refractivity contribution in [2.24, 2.45) is 0 Å². The van der Waals surface area contributed by atoms with Gasteiger partial charge in [-0.2, -0.15) is 0 Å². The SMILES string of the molecule is CC(C)(C)c1c(O)csc1C(=O)c1cccc(CN(CCO)C2CCCCC2)c1.Cl. The molecule has 1 aliphatic rings. The van der Waals surface area contributed by atoms with Gasteiger partial charge in [-0.3, -0.25) is 9.69 Å². The van der Waals surface area contributed by atoms with Gasteiger partial charge in [0.25, 0.3) is 0 Å². The Morgan fingerprint density at radius 1 is 1.20 bits per heavy atom. The molecule has 0 unspecified atom stereocenters. The third-order valence-electron chi connectivity index (χ3n) is 5.78. The molecule has 0 atom stereocenters. The van der Waals surface area contributed by atoms with E-state index in [-0.39, 0.29) is 36.0 Å². The van der Waals surface area contributed by atoms with Crippen LogP contribution in [0.2, 0.25) is 0 Å². The highest BCUT2D eigenvalue weighted by Gasteiger charge is 2.28. The molecule has 6 heteroatoms. The van der Waals surface area contributed by atoms with Gasteiger partial charge >= 0.3 is 0 Å². The average Bonchev–Trinajstić information content (AvgIpc) is 3.10. The van der Waals surface area contributed by atoms with Crippen LogP contribution in [0.4, 0.5) is 0 Å². The molecule has 1 aromatic carbocycles. The standard InChI is InChI=1S/C24H33NO3S.ClH/c1-24(2,3)21-20(27)16-29-23(21)22(28)18-9-7-8-17(14-18)15-25(12-13-26)19-10-5-4-6-11-19;/h7-9,14,16,19,26-27H,4-6,10-13,15H2,1-3H3;1H. The van der Waals surface area contributed by atoms with E-state index in [1.165, 1.54) is 43.4 Å². The zero-order chi connectivity index (χ0) is 21.0. The molecular formula is C24H34ClNO3S. The van der Waals surface area contributed by atoms with E-state index in [0.717, 1.165) is 17.7 Å². The molecule has 0 aliphatic heterocycles. The number of nitrogens with zero attached hydrogens (tertiary/aromatic N) is 1. The van der Waals surface area contributed by atoms with Gasteiger partial charge in [0.1, 0.15) is 5.75 Å². The van der Waals surface area contributed by atoms with Crippen molar-refractivity contribution in [2.45, 2.75) is 70.9 Å². The number of hydrogen-bond acceptors (Lipinski definition) is 5. The summed E-state index contributed by atoms with van der Waals surface area (Å²) in [4.78, 5) is 16.2. The Morgan fingerprint density at radius 2 is 1.90 bits per heavy atom. The highest BCUT2D eigenvalue weighted by atomic mass is 35.5. The van der Waals surface area contributed by atoms with Crippen molar-refractivity contribution in [3.8, 4) is 5.75 Å². The van der Waals surface area contributed by atoms with E-state index >= 15 is 0 Å². The molecule has 1 aliphatic carbocycles. The van der Waals surface area contributed by atoms with Crippen LogP contribution in [-0.2, 0) is 12.0 Å². The average molecular weight is 452 g/mol. The van der Waals surface area contributed by atoms with Gasteiger partial charge in [-0.05, 0) is 29.9 Å². The third kappa shape index (κ3) is 5.85. The Kier molecular flexibility index (Phi) is 8.92. The van der Waals surface area contributed by atoms with Crippen molar-refractivity contribution in [1.29, 1.82) is 0 Å². The number of hydrogen-bond donors (Lipinski definition) is 2. The number of aromatic hydroxyl groups is 1. The monoisotopic (exact) mass is 451 g/mol. The quantitative estimate of drug-likeness (QED) is 0.543. The lowest BCUT2D eigenvalue weighted by Crippen LogP contribution is -2.38. The Balaban J connectivity index is 0.00000320. The van der Waals surface area contributed by atoms with E-state index in [1.54, 1.807) is 5.38 Å². The molecule has 0 amide bonds. The molecule has 1 saturated carbocycles. The molecule has 3 rings (SSSR count). The van der Waals surface area contributed by atoms with Crippen LogP contribution in [0.15, 0.2) is 29.6 Å². The minimum atomic E-state index is -0.300. The molecule has 0 radical (unpaired) electrons. The Labute approximate surface area is 190 Å². The largest absolute Gasteiger partial charge is 0.507 e. The summed E-state index contributed by atoms with van der Waals surface area (Å²) < 4.78 is 0. The normalized spacial score (nSPS) is 15.2. The summed E-state index contributed by atoms with van der Waals surface area (Å²) in [7, 11) is 0. The second kappa shape index (κ2) is 10.8. The first kappa shape index (κ1) is 24.9. The number of thiophene rings is 1. The smallest absolute Gasteiger partial charge is 0.203 e. The molecule has 1 fully saturated rings. The Bertz CT molecular complexity index is 837. The topological polar surface area (TPSA) is 60.8 Å². The number of benzene rings is 1. The van der Waals surface area contributed by atoms with Crippen LogP contribution in [0.3, 0.4) is 0 Å². The fourth-order valence-corrected chi connectivity index (χ4v) is 5.48. The first-order valence-electron chi connectivity index (χ1n) is 10.6. The number of aliphatic hydroxyl groups is 1. The zero-order valence-corrected chi connectivity index (χ0v) is 19.8. The van der Waals surface area contributed by atoms with Gasteiger partial charge in [-0.1, -0.05) is 58.2 Å². The van der Waals surface area contributed by atoms with Crippen molar-refractivity contribution in [1.82, 2.24) is 4.90 Å². The highest BCUT2D eigenvalue weighted by Crippen LogP contribution is 2.39. The van der Waals surface area contributed by atoms with E-state index < -0.39 is 0 Å². The van der Waals surface area contributed by atoms with Crippen LogP contribution >= 0.6 is 23.7 Å². The number of ketones is 1. The fraction of sp³-hybridized carbons (Fsp3) is 0.542. The van der Waals surface area contributed by atoms with Gasteiger partial charge in [-0.15, -0.1) is 23.7 Å². The van der Waals surface area contributed by atoms with Crippen molar-refractivity contribution >= 4 is 29.5 Å². The summed E-state index contributed by atoms with van der Waals surface area (Å²) in [5.41, 5.74) is 2.17. The summed E-state index contributed by atoms with van der Waals surface area (Å²) in [6.07, 6.45) is 6.17. The van der Waals surface area contributed by atoms with Crippen molar-refractivity contribution in [3.05, 3.63) is 51.2 Å². The van der Waals surface area contributed by atoms with Gasteiger partial charge in [0.15, 0.2) is 0 Å². The molecule has 1 heterocycles. The Hall–Kier alpha value is -1.40. The summed E-state index contributed by atoms with van der Waals surface area (Å²) in [6, 6.07) is 8.33. The second-order valence-corrected chi connectivity index (χ2v) is 9.97. The summed E-state index contributed by atoms with van der Waals surface area (Å²) >= 11 is 1.31. The maximum atomic E-state index is 13.2. The molecule has 30 heavy (non-hydrogen) atoms. The van der Waals surface area contributed by atoms with E-state index in [4.69, 9.17) is 0 Å². The van der Waals surface area contributed by atoms with Crippen molar-refractivity contribution < 1.29 is 15.0 Å². The summed E-state index contributed by atoms with van der Waals surface area (Å²) in [5.74, 6) is 0.168. The fourth-order valence-electron chi connectivity index (χ4n) is 4.38. The molecule has 0 spiro atoms. The van der Waals surface area contributed by atoms with Crippen LogP contribution in [0.25, 0.3) is 0 Å². The minimum Gasteiger partial charge on any atom is -0.507 e. The van der Waals surface area contributed by atoms with Crippen LogP contribution in [0.5, 0.6) is 5.75 Å². The van der Waals surface area contributed by atoms with Gasteiger partial charge in [0.2, 0.25) is 5.78 Å². The van der Waals surface area contributed by atoms with Gasteiger partial charge in [-0.25, -0.2) is 0 Å². The molecule has 0 bridgehead atoms. The molecule has 2 aromatic rings. The van der Waals surface area contributed by atoms with E-state index in [2.05, 4.69) is 11.0 Å². The molecular weight excluding hydrogens is 418 g/mol. The lowest BCUT2D eigenvalue weighted by atomic mass is 9.85. The number of halogens is 1. The minimum absolute atomic E-state index is 0. The molecule has 166 valence electrons. The number of carbonyl (C=O) groups excluding carboxylic acids is 1. The van der Waals surface area contributed by atoms with Crippen LogP contribution in [-0.4, -0.2) is 40.1 Å². The maximum absolute atomic E-state index is 13.2. The first-order valence-corrected chi connectivity index (χ1v) is 11.5. The first-order chi connectivity index (χ1) is 13.8. The third-order valence-corrected chi connectivity index (χ3v) is 6.75. The number of rotatable bonds is 7. The predicted octanol–water partition coefficient (Wildman–Crippen LogP) is 5.53. The zero-order valence-electron chi connectivity index (χ0n) is 18.2. The lowest BCUT2D eigenvalue weighted by Gasteiger charge is -2.34. The number of aliphatic hydroxyl groups excluding tert-OH is 1. The molecule has 1 aromatic heterocycles.